The molecule has 11 heteroatoms. The van der Waals surface area contributed by atoms with Gasteiger partial charge >= 0.3 is 0 Å². The van der Waals surface area contributed by atoms with E-state index >= 15 is 0 Å². The van der Waals surface area contributed by atoms with Gasteiger partial charge in [-0.3, -0.25) is 0 Å². The predicted octanol–water partition coefficient (Wildman–Crippen LogP) is 12.5. The maximum atomic E-state index is 7.55. The molecular formula is C65H78O11. The van der Waals surface area contributed by atoms with E-state index in [0.717, 1.165) is 52.6 Å². The Kier molecular flexibility index (Phi) is 24.2. The Hall–Kier alpha value is -5.38. The molecule has 0 unspecified atom stereocenters. The van der Waals surface area contributed by atoms with Crippen molar-refractivity contribution in [3.05, 3.63) is 228 Å². The molecule has 2 fully saturated rings. The summed E-state index contributed by atoms with van der Waals surface area (Å²) in [6.07, 6.45) is 0.439. The van der Waals surface area contributed by atoms with Gasteiger partial charge in [0.2, 0.25) is 0 Å². The van der Waals surface area contributed by atoms with E-state index < -0.39 is 61.4 Å². The van der Waals surface area contributed by atoms with Crippen molar-refractivity contribution >= 4 is 0 Å². The summed E-state index contributed by atoms with van der Waals surface area (Å²) in [5, 5.41) is 0. The van der Waals surface area contributed by atoms with Gasteiger partial charge in [-0.05, 0) is 39.8 Å². The fourth-order valence-corrected chi connectivity index (χ4v) is 9.58. The second kappa shape index (κ2) is 32.4. The van der Waals surface area contributed by atoms with E-state index in [1.807, 2.05) is 170 Å². The molecule has 6 aromatic carbocycles. The molecule has 0 bridgehead atoms. The van der Waals surface area contributed by atoms with Crippen LogP contribution in [0.5, 0.6) is 0 Å². The third kappa shape index (κ3) is 18.1. The van der Waals surface area contributed by atoms with Crippen molar-refractivity contribution in [3.8, 4) is 0 Å². The average molecular weight is 1040 g/mol. The van der Waals surface area contributed by atoms with Crippen molar-refractivity contribution in [2.75, 3.05) is 26.4 Å². The minimum absolute atomic E-state index is 0.137. The summed E-state index contributed by atoms with van der Waals surface area (Å²) in [5.41, 5.74) is 6.01. The van der Waals surface area contributed by atoms with Gasteiger partial charge in [0.15, 0.2) is 12.6 Å². The van der Waals surface area contributed by atoms with Crippen molar-refractivity contribution in [3.63, 3.8) is 0 Å². The van der Waals surface area contributed by atoms with Gasteiger partial charge in [0, 0.05) is 6.61 Å². The van der Waals surface area contributed by atoms with Gasteiger partial charge in [0.25, 0.3) is 0 Å². The molecule has 76 heavy (non-hydrogen) atoms. The lowest BCUT2D eigenvalue weighted by atomic mass is 9.95. The number of hydrogen-bond acceptors (Lipinski definition) is 11. The first-order chi connectivity index (χ1) is 37.6. The molecular weight excluding hydrogens is 957 g/mol. The summed E-state index contributed by atoms with van der Waals surface area (Å²) in [5.74, 6) is 0. The normalized spacial score (nSPS) is 23.5. The van der Waals surface area contributed by atoms with Crippen LogP contribution in [-0.4, -0.2) is 87.8 Å². The standard InChI is InChI=1S/C65H78O11/c1-3-5-6-7-8-27-41-69-64-62(72-46-54-36-23-13-24-37-54)61(71-45-53-34-21-12-22-35-53)59(57(74-64)49-67-43-51-30-17-10-18-31-51)76-65-63(73-47-55-38-25-14-26-39-55)60(68-40-4-2)58(70-44-52-32-19-11-20-33-52)56(75-65)48-66-42-50-28-15-9-16-29-50/h4,9-26,28-39,56-65H,2-3,5-8,27,40-49H2,1H3/t56-,57-,58+,59-,60+,61+,62-,63-,64-,65+/m1/s1. The third-order valence-corrected chi connectivity index (χ3v) is 13.6. The summed E-state index contributed by atoms with van der Waals surface area (Å²) in [6, 6.07) is 60.6. The highest BCUT2D eigenvalue weighted by molar-refractivity contribution is 5.18. The van der Waals surface area contributed by atoms with Gasteiger partial charge in [-0.1, -0.05) is 227 Å². The fourth-order valence-electron chi connectivity index (χ4n) is 9.58. The van der Waals surface area contributed by atoms with Crippen LogP contribution in [0.4, 0.5) is 0 Å². The number of hydrogen-bond donors (Lipinski definition) is 0. The van der Waals surface area contributed by atoms with Gasteiger partial charge in [-0.2, -0.15) is 0 Å². The lowest BCUT2D eigenvalue weighted by Gasteiger charge is -2.50. The first-order valence-corrected chi connectivity index (χ1v) is 27.3. The molecule has 0 amide bonds. The molecule has 0 N–H and O–H groups in total. The van der Waals surface area contributed by atoms with Crippen LogP contribution in [0.1, 0.15) is 78.8 Å². The molecule has 2 aliphatic heterocycles. The van der Waals surface area contributed by atoms with Crippen LogP contribution in [0.3, 0.4) is 0 Å². The van der Waals surface area contributed by atoms with Gasteiger partial charge in [-0.15, -0.1) is 6.58 Å². The number of benzene rings is 6. The predicted molar refractivity (Wildman–Crippen MR) is 294 cm³/mol. The lowest BCUT2D eigenvalue weighted by molar-refractivity contribution is -0.377. The Morgan fingerprint density at radius 1 is 0.368 bits per heavy atom. The van der Waals surface area contributed by atoms with Gasteiger partial charge in [0.05, 0.1) is 59.5 Å². The van der Waals surface area contributed by atoms with Crippen LogP contribution in [0.2, 0.25) is 0 Å². The molecule has 0 spiro atoms. The molecule has 8 rings (SSSR count). The molecule has 11 nitrogen and oxygen atoms in total. The maximum absolute atomic E-state index is 7.55. The molecule has 10 atom stereocenters. The molecule has 2 saturated heterocycles. The van der Waals surface area contributed by atoms with Crippen molar-refractivity contribution in [2.45, 2.75) is 147 Å². The van der Waals surface area contributed by atoms with Crippen LogP contribution < -0.4 is 0 Å². The fraction of sp³-hybridized carbons (Fsp3) is 0.415. The Labute approximate surface area is 451 Å². The highest BCUT2D eigenvalue weighted by Gasteiger charge is 2.54. The topological polar surface area (TPSA) is 102 Å². The van der Waals surface area contributed by atoms with Gasteiger partial charge < -0.3 is 52.1 Å². The molecule has 0 aliphatic carbocycles. The SMILES string of the molecule is C=CCO[C@H]1[C@@H](OCc2ccccc2)[C@@H](COCc2ccccc2)O[C@@H](O[C@H]2[C@H](OCc3ccccc3)[C@@H](OCc3ccccc3)[C@H](OCCCCCCCC)O[C@@H]2COCc2ccccc2)[C@@H]1OCc1ccccc1. The number of rotatable bonds is 33. The van der Waals surface area contributed by atoms with E-state index in [0.29, 0.717) is 26.4 Å². The van der Waals surface area contributed by atoms with E-state index in [-0.39, 0.29) is 39.6 Å². The lowest BCUT2D eigenvalue weighted by Crippen LogP contribution is -2.66. The maximum Gasteiger partial charge on any atom is 0.187 e. The molecule has 2 aliphatic rings. The Morgan fingerprint density at radius 3 is 1.17 bits per heavy atom. The summed E-state index contributed by atoms with van der Waals surface area (Å²) < 4.78 is 76.8. The van der Waals surface area contributed by atoms with Crippen LogP contribution in [0.15, 0.2) is 195 Å². The van der Waals surface area contributed by atoms with Crippen molar-refractivity contribution in [1.29, 1.82) is 0 Å². The van der Waals surface area contributed by atoms with Crippen molar-refractivity contribution < 1.29 is 52.1 Å². The first-order valence-electron chi connectivity index (χ1n) is 27.3. The van der Waals surface area contributed by atoms with Crippen molar-refractivity contribution in [2.24, 2.45) is 0 Å². The quantitative estimate of drug-likeness (QED) is 0.0291. The molecule has 0 saturated carbocycles. The van der Waals surface area contributed by atoms with Crippen molar-refractivity contribution in [1.82, 2.24) is 0 Å². The Bertz CT molecular complexity index is 2440. The van der Waals surface area contributed by atoms with E-state index in [4.69, 9.17) is 52.1 Å². The smallest absolute Gasteiger partial charge is 0.187 e. The molecule has 0 radical (unpaired) electrons. The highest BCUT2D eigenvalue weighted by Crippen LogP contribution is 2.37. The minimum atomic E-state index is -1.08. The molecule has 404 valence electrons. The van der Waals surface area contributed by atoms with Gasteiger partial charge in [-0.25, -0.2) is 0 Å². The zero-order chi connectivity index (χ0) is 52.2. The summed E-state index contributed by atoms with van der Waals surface area (Å²) in [4.78, 5) is 0. The number of unbranched alkanes of at least 4 members (excludes halogenated alkanes) is 5. The molecule has 2 heterocycles. The van der Waals surface area contributed by atoms with E-state index in [9.17, 15) is 0 Å². The summed E-state index contributed by atoms with van der Waals surface area (Å²) >= 11 is 0. The highest BCUT2D eigenvalue weighted by atomic mass is 16.8. The Balaban J connectivity index is 1.18. The monoisotopic (exact) mass is 1030 g/mol. The Morgan fingerprint density at radius 2 is 0.724 bits per heavy atom. The van der Waals surface area contributed by atoms with Crippen LogP contribution in [0.25, 0.3) is 0 Å². The zero-order valence-electron chi connectivity index (χ0n) is 44.2. The van der Waals surface area contributed by atoms with Gasteiger partial charge in [0.1, 0.15) is 48.8 Å². The second-order valence-corrected chi connectivity index (χ2v) is 19.5. The van der Waals surface area contributed by atoms with Crippen LogP contribution in [0, 0.1) is 0 Å². The first kappa shape index (κ1) is 56.8. The van der Waals surface area contributed by atoms with E-state index in [1.165, 1.54) is 19.3 Å². The largest absolute Gasteiger partial charge is 0.374 e. The third-order valence-electron chi connectivity index (χ3n) is 13.6. The average Bonchev–Trinajstić information content (AvgIpc) is 3.50. The minimum Gasteiger partial charge on any atom is -0.374 e. The summed E-state index contributed by atoms with van der Waals surface area (Å²) in [7, 11) is 0. The second-order valence-electron chi connectivity index (χ2n) is 19.5. The number of ether oxygens (including phenoxy) is 11. The van der Waals surface area contributed by atoms with E-state index in [1.54, 1.807) is 6.08 Å². The molecule has 0 aromatic heterocycles. The van der Waals surface area contributed by atoms with Crippen LogP contribution >= 0.6 is 0 Å². The zero-order valence-corrected chi connectivity index (χ0v) is 44.2. The van der Waals surface area contributed by atoms with E-state index in [2.05, 4.69) is 25.6 Å². The summed E-state index contributed by atoms with van der Waals surface area (Å²) in [6.45, 7) is 9.04. The molecule has 6 aromatic rings. The van der Waals surface area contributed by atoms with Crippen LogP contribution in [-0.2, 0) is 91.7 Å².